The topological polar surface area (TPSA) is 285 Å². The number of likely N-dealkylation sites (tertiary alicyclic amines) is 1. The SMILES string of the molecule is C=CC(=O)N1CCN(c2nc(OC[C@@H]3CC(c4ccc(N5CCc6c(nc(OC[C@H]7CN(C)CCO7)nc6N6CCN(C(=O)C=C)[C@@H](CC#N)C6)C5)c5ccccc45)CN3C)nc3c2CCN(c2ccc(C4CC45CO[C@@H](COc4nc6c(c(N7CCN(C(=O)C=C)[C@@H](CC#N)C7)n4)CCN(c4cccc7ccccc47)C6)CN5C)cc2C(F)F)C3)CC1CC#N. The summed E-state index contributed by atoms with van der Waals surface area (Å²) < 4.78 is 64.5. The Hall–Kier alpha value is -12.2. The predicted molar refractivity (Wildman–Crippen MR) is 474 cm³/mol. The Balaban J connectivity index is 0.558. The number of alkyl halides is 2. The predicted octanol–water partition coefficient (Wildman–Crippen LogP) is 9.55. The van der Waals surface area contributed by atoms with E-state index in [0.717, 1.165) is 111 Å². The summed E-state index contributed by atoms with van der Waals surface area (Å²) in [6.07, 6.45) is 4.27. The molecule has 9 aliphatic heterocycles. The van der Waals surface area contributed by atoms with Crippen molar-refractivity contribution in [3.63, 3.8) is 0 Å². The zero-order chi connectivity index (χ0) is 87.0. The van der Waals surface area contributed by atoms with Crippen LogP contribution in [0.1, 0.15) is 101 Å². The lowest BCUT2D eigenvalue weighted by Gasteiger charge is -2.42. The van der Waals surface area contributed by atoms with Crippen molar-refractivity contribution in [3.05, 3.63) is 185 Å². The Morgan fingerprint density at radius 1 is 0.508 bits per heavy atom. The maximum atomic E-state index is 16.0. The molecule has 10 aliphatic rings. The first-order valence-corrected chi connectivity index (χ1v) is 44.1. The van der Waals surface area contributed by atoms with Gasteiger partial charge >= 0.3 is 18.0 Å². The van der Waals surface area contributed by atoms with Gasteiger partial charge in [-0.25, -0.2) is 8.78 Å². The monoisotopic (exact) mass is 1710 g/mol. The number of rotatable bonds is 24. The second kappa shape index (κ2) is 36.4. The highest BCUT2D eigenvalue weighted by Crippen LogP contribution is 2.58. The summed E-state index contributed by atoms with van der Waals surface area (Å²) in [7, 11) is 6.25. The molecule has 18 rings (SSSR count). The van der Waals surface area contributed by atoms with Crippen molar-refractivity contribution in [3.8, 4) is 36.2 Å². The number of hydrogen-bond donors (Lipinski definition) is 0. The van der Waals surface area contributed by atoms with E-state index in [9.17, 15) is 30.2 Å². The number of aromatic nitrogens is 6. The van der Waals surface area contributed by atoms with Gasteiger partial charge < -0.3 is 72.7 Å². The number of benzene rings is 5. The fraction of sp³-hybridized carbons (Fsp3) is 0.474. The number of fused-ring (bicyclic) bond motifs is 5. The average molecular weight is 1710 g/mol. The molecule has 31 heteroatoms. The summed E-state index contributed by atoms with van der Waals surface area (Å²) in [5.74, 6) is 1.54. The van der Waals surface area contributed by atoms with Crippen LogP contribution in [0.5, 0.6) is 18.0 Å². The molecular formula is C95H107F2N21O8. The Morgan fingerprint density at radius 3 is 1.49 bits per heavy atom. The lowest BCUT2D eigenvalue weighted by atomic mass is 9.90. The summed E-state index contributed by atoms with van der Waals surface area (Å²) in [5.41, 5.74) is 9.43. The molecule has 29 nitrogen and oxygen atoms in total. The lowest BCUT2D eigenvalue weighted by Crippen LogP contribution is -2.55. The molecule has 126 heavy (non-hydrogen) atoms. The van der Waals surface area contributed by atoms with Gasteiger partial charge in [-0.15, -0.1) is 0 Å². The van der Waals surface area contributed by atoms with Crippen molar-refractivity contribution in [2.45, 2.75) is 131 Å². The molecule has 1 saturated carbocycles. The van der Waals surface area contributed by atoms with Crippen LogP contribution in [0.4, 0.5) is 43.3 Å². The van der Waals surface area contributed by atoms with Crippen molar-refractivity contribution in [2.24, 2.45) is 0 Å². The van der Waals surface area contributed by atoms with Gasteiger partial charge in [0.25, 0.3) is 6.43 Å². The van der Waals surface area contributed by atoms with Gasteiger partial charge in [0.15, 0.2) is 0 Å². The average Bonchev–Trinajstić information content (AvgIpc) is 1.55. The van der Waals surface area contributed by atoms with Crippen LogP contribution in [0.3, 0.4) is 0 Å². The molecular weight excluding hydrogens is 1600 g/mol. The number of likely N-dealkylation sites (N-methyl/N-ethyl adjacent to an activating group) is 3. The van der Waals surface area contributed by atoms with Gasteiger partial charge in [0.05, 0.1) is 111 Å². The summed E-state index contributed by atoms with van der Waals surface area (Å²) >= 11 is 0. The second-order valence-corrected chi connectivity index (χ2v) is 35.1. The number of piperazine rings is 3. The Kier molecular flexibility index (Phi) is 24.5. The number of morpholine rings is 2. The van der Waals surface area contributed by atoms with Crippen LogP contribution < -0.4 is 43.6 Å². The first-order chi connectivity index (χ1) is 61.4. The smallest absolute Gasteiger partial charge is 0.318 e. The standard InChI is InChI=1S/C95H107F2N21O8/c1-7-85(119)116-40-37-113(49-64(116)25-31-98)89-76-30-36-112(84-23-21-62(46-77(84)88(96)97)78-47-95(78)60-126-69(53-109(95)6)59-125-94-102-79-54-110(82-20-14-16-61-15-10-11-17-71(61)82)34-28-74(79)90(106-94)114-38-41-117(86(120)8-2)65(50-114)26-32-99)56-81(76)101-92(104-89)123-57-67-45-63(48-108(67)5)70-22-24-83(73-19-13-12-18-72(70)73)111-35-29-75-80(55-111)103-93(124-58-68-52-107(4)43-44-122-68)105-91(75)115-39-42-118(87(121)9-3)66(51-115)27-33-100/h7-24,46,63-69,78,88H,1-3,25-30,34-45,47-60H2,4-6H3/t63?,64?,65-,66-,67-,68+,69+,78?,95?/m0/s1. The van der Waals surface area contributed by atoms with E-state index in [1.807, 2.05) is 23.1 Å². The summed E-state index contributed by atoms with van der Waals surface area (Å²) in [6, 6.07) is 39.6. The van der Waals surface area contributed by atoms with Gasteiger partial charge in [0.1, 0.15) is 49.5 Å². The highest BCUT2D eigenvalue weighted by atomic mass is 19.3. The lowest BCUT2D eigenvalue weighted by molar-refractivity contribution is -0.129. The van der Waals surface area contributed by atoms with Crippen LogP contribution in [-0.2, 0) is 62.8 Å². The van der Waals surface area contributed by atoms with E-state index in [-0.39, 0.29) is 129 Å². The van der Waals surface area contributed by atoms with E-state index in [0.29, 0.717) is 148 Å². The van der Waals surface area contributed by atoms with Crippen LogP contribution >= 0.6 is 0 Å². The minimum Gasteiger partial charge on any atom is -0.462 e. The van der Waals surface area contributed by atoms with Gasteiger partial charge in [-0.3, -0.25) is 24.2 Å². The number of halogens is 2. The molecule has 6 saturated heterocycles. The highest BCUT2D eigenvalue weighted by Gasteiger charge is 2.60. The number of amides is 3. The fourth-order valence-electron chi connectivity index (χ4n) is 20.9. The molecule has 9 atom stereocenters. The fourth-order valence-corrected chi connectivity index (χ4v) is 20.9. The van der Waals surface area contributed by atoms with Crippen LogP contribution in [0.25, 0.3) is 21.5 Å². The zero-order valence-corrected chi connectivity index (χ0v) is 71.8. The third kappa shape index (κ3) is 16.9. The number of carbonyl (C=O) groups excluding carboxylic acids is 3. The molecule has 0 radical (unpaired) electrons. The number of nitrogens with zero attached hydrogens (tertiary/aromatic N) is 21. The number of carbonyl (C=O) groups is 3. The number of nitriles is 3. The normalized spacial score (nSPS) is 24.0. The summed E-state index contributed by atoms with van der Waals surface area (Å²) in [4.78, 5) is 95.3. The molecule has 1 spiro atoms. The van der Waals surface area contributed by atoms with Gasteiger partial charge in [0.2, 0.25) is 17.7 Å². The molecule has 4 unspecified atom stereocenters. The van der Waals surface area contributed by atoms with E-state index < -0.39 is 18.0 Å². The van der Waals surface area contributed by atoms with Gasteiger partial charge in [-0.1, -0.05) is 92.5 Å². The van der Waals surface area contributed by atoms with E-state index in [4.69, 9.17) is 53.6 Å². The Bertz CT molecular complexity index is 5640. The maximum absolute atomic E-state index is 16.0. The summed E-state index contributed by atoms with van der Waals surface area (Å²) in [6.45, 7) is 22.5. The van der Waals surface area contributed by atoms with Crippen molar-refractivity contribution in [1.29, 1.82) is 15.8 Å². The molecule has 3 aromatic heterocycles. The third-order valence-corrected chi connectivity index (χ3v) is 27.7. The Labute approximate surface area is 733 Å². The molecule has 8 aromatic rings. The number of ether oxygens (including phenoxy) is 5. The minimum absolute atomic E-state index is 0.0435. The first kappa shape index (κ1) is 84.7. The second-order valence-electron chi connectivity index (χ2n) is 35.1. The van der Waals surface area contributed by atoms with Gasteiger partial charge in [-0.2, -0.15) is 45.7 Å². The summed E-state index contributed by atoms with van der Waals surface area (Å²) in [5, 5.41) is 34.5. The van der Waals surface area contributed by atoms with Crippen molar-refractivity contribution in [2.75, 3.05) is 188 Å². The third-order valence-electron chi connectivity index (χ3n) is 27.7. The van der Waals surface area contributed by atoms with Crippen molar-refractivity contribution >= 4 is 73.8 Å². The van der Waals surface area contributed by atoms with E-state index in [1.165, 1.54) is 23.8 Å². The minimum atomic E-state index is -2.80. The van der Waals surface area contributed by atoms with Crippen LogP contribution in [0.2, 0.25) is 0 Å². The molecule has 7 fully saturated rings. The number of hydrogen-bond acceptors (Lipinski definition) is 26. The van der Waals surface area contributed by atoms with Crippen molar-refractivity contribution < 1.29 is 46.8 Å². The molecule has 5 aromatic carbocycles. The van der Waals surface area contributed by atoms with E-state index in [2.05, 4.69) is 171 Å². The Morgan fingerprint density at radius 2 is 0.984 bits per heavy atom. The molecule has 1 aliphatic carbocycles. The van der Waals surface area contributed by atoms with Crippen LogP contribution in [0, 0.1) is 34.0 Å². The molecule has 12 heterocycles. The molecule has 3 amide bonds. The van der Waals surface area contributed by atoms with Gasteiger partial charge in [-0.05, 0) is 124 Å². The molecule has 0 bridgehead atoms. The van der Waals surface area contributed by atoms with Crippen molar-refractivity contribution in [1.82, 2.24) is 59.3 Å². The van der Waals surface area contributed by atoms with E-state index in [1.54, 1.807) is 20.8 Å². The van der Waals surface area contributed by atoms with Crippen LogP contribution in [-0.4, -0.2) is 278 Å². The van der Waals surface area contributed by atoms with E-state index >= 15 is 8.78 Å². The quantitative estimate of drug-likeness (QED) is 0.0509. The zero-order valence-electron chi connectivity index (χ0n) is 71.8. The maximum Gasteiger partial charge on any atom is 0.318 e. The van der Waals surface area contributed by atoms with Gasteiger partial charge in [0, 0.05) is 167 Å². The largest absolute Gasteiger partial charge is 0.462 e. The first-order valence-electron chi connectivity index (χ1n) is 44.1. The molecule has 0 N–H and O–H groups in total. The molecule has 654 valence electrons. The highest BCUT2D eigenvalue weighted by molar-refractivity contribution is 5.98. The van der Waals surface area contributed by atoms with Crippen LogP contribution in [0.15, 0.2) is 135 Å². The number of anilines is 6.